The third-order valence-electron chi connectivity index (χ3n) is 3.46. The molecule has 0 bridgehead atoms. The molecule has 4 heteroatoms. The Bertz CT molecular complexity index is 403. The van der Waals surface area contributed by atoms with Gasteiger partial charge in [0, 0.05) is 0 Å². The molecule has 0 saturated carbocycles. The zero-order valence-corrected chi connectivity index (χ0v) is 13.1. The fraction of sp³-hybridized carbons (Fsp3) is 0.571. The highest BCUT2D eigenvalue weighted by molar-refractivity contribution is 14.1. The number of nitrogens with one attached hydrogen (secondary N) is 1. The van der Waals surface area contributed by atoms with Crippen molar-refractivity contribution >= 4 is 22.6 Å². The maximum absolute atomic E-state index is 5.49. The summed E-state index contributed by atoms with van der Waals surface area (Å²) in [5.41, 5.74) is 1.25. The zero-order valence-electron chi connectivity index (χ0n) is 11.0. The maximum atomic E-state index is 5.49. The lowest BCUT2D eigenvalue weighted by Crippen LogP contribution is -2.30. The molecule has 1 heterocycles. The van der Waals surface area contributed by atoms with Crippen molar-refractivity contribution in [2.75, 3.05) is 27.3 Å². The van der Waals surface area contributed by atoms with E-state index in [1.54, 1.807) is 14.2 Å². The Morgan fingerprint density at radius 1 is 1.28 bits per heavy atom. The van der Waals surface area contributed by atoms with Crippen molar-refractivity contribution in [3.63, 3.8) is 0 Å². The Morgan fingerprint density at radius 3 is 2.67 bits per heavy atom. The standard InChI is InChI=1S/C14H20INO2/c1-17-13-8-12(15)14(18-2)7-11(13)6-10-4-3-5-16-9-10/h7-8,10,16H,3-6,9H2,1-2H3/t10-/m0/s1. The van der Waals surface area contributed by atoms with Crippen LogP contribution in [0.5, 0.6) is 11.5 Å². The van der Waals surface area contributed by atoms with Crippen LogP contribution in [-0.2, 0) is 6.42 Å². The van der Waals surface area contributed by atoms with Crippen LogP contribution in [0, 0.1) is 9.49 Å². The maximum Gasteiger partial charge on any atom is 0.132 e. The zero-order chi connectivity index (χ0) is 13.0. The summed E-state index contributed by atoms with van der Waals surface area (Å²) in [6.45, 7) is 2.26. The van der Waals surface area contributed by atoms with Crippen molar-refractivity contribution < 1.29 is 9.47 Å². The van der Waals surface area contributed by atoms with Crippen LogP contribution >= 0.6 is 22.6 Å². The lowest BCUT2D eigenvalue weighted by Gasteiger charge is -2.23. The summed E-state index contributed by atoms with van der Waals surface area (Å²) in [4.78, 5) is 0. The highest BCUT2D eigenvalue weighted by Crippen LogP contribution is 2.32. The van der Waals surface area contributed by atoms with Crippen LogP contribution in [0.15, 0.2) is 12.1 Å². The van der Waals surface area contributed by atoms with E-state index in [4.69, 9.17) is 9.47 Å². The average Bonchev–Trinajstić information content (AvgIpc) is 2.41. The number of hydrogen-bond acceptors (Lipinski definition) is 3. The van der Waals surface area contributed by atoms with Gasteiger partial charge in [0.05, 0.1) is 17.8 Å². The van der Waals surface area contributed by atoms with E-state index in [1.807, 2.05) is 0 Å². The largest absolute Gasteiger partial charge is 0.496 e. The van der Waals surface area contributed by atoms with E-state index in [1.165, 1.54) is 18.4 Å². The van der Waals surface area contributed by atoms with Crippen molar-refractivity contribution in [2.45, 2.75) is 19.3 Å². The van der Waals surface area contributed by atoms with Crippen molar-refractivity contribution in [1.82, 2.24) is 5.32 Å². The van der Waals surface area contributed by atoms with Gasteiger partial charge in [-0.2, -0.15) is 0 Å². The van der Waals surface area contributed by atoms with Gasteiger partial charge in [0.25, 0.3) is 0 Å². The summed E-state index contributed by atoms with van der Waals surface area (Å²) in [5, 5.41) is 3.46. The van der Waals surface area contributed by atoms with Crippen LogP contribution in [-0.4, -0.2) is 27.3 Å². The molecule has 0 radical (unpaired) electrons. The number of hydrogen-bond donors (Lipinski definition) is 1. The van der Waals surface area contributed by atoms with Crippen LogP contribution < -0.4 is 14.8 Å². The lowest BCUT2D eigenvalue weighted by atomic mass is 9.92. The van der Waals surface area contributed by atoms with Crippen LogP contribution in [0.25, 0.3) is 0 Å². The summed E-state index contributed by atoms with van der Waals surface area (Å²) in [7, 11) is 3.45. The molecule has 0 unspecified atom stereocenters. The minimum Gasteiger partial charge on any atom is -0.496 e. The molecular weight excluding hydrogens is 341 g/mol. The third-order valence-corrected chi connectivity index (χ3v) is 4.31. The smallest absolute Gasteiger partial charge is 0.132 e. The number of ether oxygens (including phenoxy) is 2. The third kappa shape index (κ3) is 3.29. The molecule has 2 rings (SSSR count). The van der Waals surface area contributed by atoms with Gasteiger partial charge in [0.1, 0.15) is 11.5 Å². The number of halogens is 1. The fourth-order valence-electron chi connectivity index (χ4n) is 2.49. The Hall–Kier alpha value is -0.490. The van der Waals surface area contributed by atoms with E-state index in [9.17, 15) is 0 Å². The molecule has 0 amide bonds. The van der Waals surface area contributed by atoms with Gasteiger partial charge in [-0.05, 0) is 78.6 Å². The van der Waals surface area contributed by atoms with E-state index >= 15 is 0 Å². The van der Waals surface area contributed by atoms with Gasteiger partial charge in [-0.15, -0.1) is 0 Å². The first kappa shape index (κ1) is 13.9. The van der Waals surface area contributed by atoms with E-state index < -0.39 is 0 Å². The van der Waals surface area contributed by atoms with Crippen LogP contribution in [0.2, 0.25) is 0 Å². The molecule has 18 heavy (non-hydrogen) atoms. The molecule has 3 nitrogen and oxygen atoms in total. The molecule has 1 N–H and O–H groups in total. The van der Waals surface area contributed by atoms with Crippen LogP contribution in [0.3, 0.4) is 0 Å². The summed E-state index contributed by atoms with van der Waals surface area (Å²) in [6, 6.07) is 4.18. The molecular formula is C14H20INO2. The highest BCUT2D eigenvalue weighted by atomic mass is 127. The quantitative estimate of drug-likeness (QED) is 0.837. The van der Waals surface area contributed by atoms with Crippen molar-refractivity contribution in [3.05, 3.63) is 21.3 Å². The first-order chi connectivity index (χ1) is 8.74. The van der Waals surface area contributed by atoms with Crippen LogP contribution in [0.4, 0.5) is 0 Å². The summed E-state index contributed by atoms with van der Waals surface area (Å²) in [6.07, 6.45) is 3.63. The van der Waals surface area contributed by atoms with Gasteiger partial charge in [-0.25, -0.2) is 0 Å². The minimum atomic E-state index is 0.706. The Balaban J connectivity index is 2.18. The number of benzene rings is 1. The molecule has 100 valence electrons. The Kier molecular flexibility index (Phi) is 5.12. The average molecular weight is 361 g/mol. The SMILES string of the molecule is COc1cc(C[C@@H]2CCCNC2)c(OC)cc1I. The second-order valence-electron chi connectivity index (χ2n) is 4.72. The lowest BCUT2D eigenvalue weighted by molar-refractivity contribution is 0.361. The van der Waals surface area contributed by atoms with Gasteiger partial charge in [-0.1, -0.05) is 0 Å². The second kappa shape index (κ2) is 6.61. The molecule has 1 atom stereocenters. The van der Waals surface area contributed by atoms with Gasteiger partial charge in [-0.3, -0.25) is 0 Å². The van der Waals surface area contributed by atoms with E-state index in [0.29, 0.717) is 5.92 Å². The highest BCUT2D eigenvalue weighted by Gasteiger charge is 2.17. The summed E-state index contributed by atoms with van der Waals surface area (Å²) in [5.74, 6) is 2.62. The first-order valence-electron chi connectivity index (χ1n) is 6.35. The van der Waals surface area contributed by atoms with Gasteiger partial charge in [0.15, 0.2) is 0 Å². The van der Waals surface area contributed by atoms with Gasteiger partial charge >= 0.3 is 0 Å². The van der Waals surface area contributed by atoms with E-state index in [0.717, 1.165) is 34.6 Å². The second-order valence-corrected chi connectivity index (χ2v) is 5.88. The van der Waals surface area contributed by atoms with Crippen LogP contribution in [0.1, 0.15) is 18.4 Å². The predicted octanol–water partition coefficient (Wildman–Crippen LogP) is 2.85. The van der Waals surface area contributed by atoms with Gasteiger partial charge < -0.3 is 14.8 Å². The number of piperidine rings is 1. The predicted molar refractivity (Wildman–Crippen MR) is 81.6 cm³/mol. The van der Waals surface area contributed by atoms with E-state index in [-0.39, 0.29) is 0 Å². The molecule has 1 aliphatic rings. The number of methoxy groups -OCH3 is 2. The molecule has 1 aliphatic heterocycles. The molecule has 1 aromatic carbocycles. The molecule has 1 saturated heterocycles. The topological polar surface area (TPSA) is 30.5 Å². The molecule has 0 aromatic heterocycles. The fourth-order valence-corrected chi connectivity index (χ4v) is 3.15. The first-order valence-corrected chi connectivity index (χ1v) is 7.43. The van der Waals surface area contributed by atoms with Gasteiger partial charge in [0.2, 0.25) is 0 Å². The summed E-state index contributed by atoms with van der Waals surface area (Å²) < 4.78 is 12.0. The normalized spacial score (nSPS) is 19.6. The van der Waals surface area contributed by atoms with Crippen molar-refractivity contribution in [3.8, 4) is 11.5 Å². The molecule has 0 spiro atoms. The number of rotatable bonds is 4. The Labute approximate surface area is 122 Å². The summed E-state index contributed by atoms with van der Waals surface area (Å²) >= 11 is 2.28. The van der Waals surface area contributed by atoms with Crippen molar-refractivity contribution in [2.24, 2.45) is 5.92 Å². The van der Waals surface area contributed by atoms with Crippen molar-refractivity contribution in [1.29, 1.82) is 0 Å². The van der Waals surface area contributed by atoms with E-state index in [2.05, 4.69) is 40.0 Å². The molecule has 1 aromatic rings. The monoisotopic (exact) mass is 361 g/mol. The molecule has 0 aliphatic carbocycles. The minimum absolute atomic E-state index is 0.706. The molecule has 1 fully saturated rings. The Morgan fingerprint density at radius 2 is 2.06 bits per heavy atom.